The normalized spacial score (nSPS) is 15.7. The van der Waals surface area contributed by atoms with Gasteiger partial charge in [0.15, 0.2) is 5.11 Å². The van der Waals surface area contributed by atoms with E-state index in [0.717, 1.165) is 34.7 Å². The molecule has 1 heterocycles. The Hall–Kier alpha value is -3.18. The zero-order valence-electron chi connectivity index (χ0n) is 16.5. The zero-order valence-corrected chi connectivity index (χ0v) is 17.3. The number of aryl methyl sites for hydroxylation is 1. The zero-order chi connectivity index (χ0) is 20.2. The number of thiocarbonyl (C=S) groups is 1. The minimum absolute atomic E-state index is 0.0279. The summed E-state index contributed by atoms with van der Waals surface area (Å²) in [5.74, 6) is 0.836. The number of ether oxygens (including phenoxy) is 1. The Morgan fingerprint density at radius 1 is 1.03 bits per heavy atom. The lowest BCUT2D eigenvalue weighted by Crippen LogP contribution is -2.31. The first-order chi connectivity index (χ1) is 14.1. The lowest BCUT2D eigenvalue weighted by atomic mass is 9.98. The van der Waals surface area contributed by atoms with Gasteiger partial charge in [0, 0.05) is 12.1 Å². The van der Waals surface area contributed by atoms with E-state index in [0.29, 0.717) is 5.11 Å². The molecule has 1 atom stereocenters. The van der Waals surface area contributed by atoms with Crippen LogP contribution in [0.4, 0.5) is 5.69 Å². The van der Waals surface area contributed by atoms with Crippen LogP contribution in [0.5, 0.6) is 5.75 Å². The number of benzene rings is 3. The van der Waals surface area contributed by atoms with E-state index in [9.17, 15) is 0 Å². The van der Waals surface area contributed by atoms with Gasteiger partial charge in [-0.1, -0.05) is 60.2 Å². The highest BCUT2D eigenvalue weighted by atomic mass is 32.1. The number of rotatable bonds is 4. The number of hydrogen-bond acceptors (Lipinski definition) is 3. The third kappa shape index (κ3) is 4.30. The van der Waals surface area contributed by atoms with E-state index in [-0.39, 0.29) is 6.04 Å². The summed E-state index contributed by atoms with van der Waals surface area (Å²) in [6.07, 6.45) is 0.784. The molecular weight excluding hydrogens is 378 g/mol. The van der Waals surface area contributed by atoms with Crippen LogP contribution < -0.4 is 10.1 Å². The molecule has 0 bridgehead atoms. The van der Waals surface area contributed by atoms with Gasteiger partial charge >= 0.3 is 0 Å². The van der Waals surface area contributed by atoms with E-state index in [4.69, 9.17) is 22.1 Å². The standard InChI is InChI=1S/C24H23N3OS/c1-17-7-6-8-19(15-17)22-16-23(18-11-13-21(28-2)14-12-18)27(26-22)24(29)25-20-9-4-3-5-10-20/h3-15,23H,16H2,1-2H3,(H,25,29)/t23-/m0/s1. The van der Waals surface area contributed by atoms with Crippen LogP contribution >= 0.6 is 12.2 Å². The van der Waals surface area contributed by atoms with Gasteiger partial charge in [-0.05, 0) is 54.5 Å². The summed E-state index contributed by atoms with van der Waals surface area (Å²) in [4.78, 5) is 0. The first kappa shape index (κ1) is 19.2. The Balaban J connectivity index is 1.65. The van der Waals surface area contributed by atoms with Crippen molar-refractivity contribution in [3.05, 3.63) is 95.6 Å². The number of hydrazone groups is 1. The van der Waals surface area contributed by atoms with Crippen molar-refractivity contribution in [3.63, 3.8) is 0 Å². The summed E-state index contributed by atoms with van der Waals surface area (Å²) in [7, 11) is 1.68. The van der Waals surface area contributed by atoms with Gasteiger partial charge in [0.2, 0.25) is 0 Å². The van der Waals surface area contributed by atoms with Crippen LogP contribution in [0.3, 0.4) is 0 Å². The minimum atomic E-state index is 0.0279. The van der Waals surface area contributed by atoms with Gasteiger partial charge in [-0.3, -0.25) is 0 Å². The van der Waals surface area contributed by atoms with Crippen LogP contribution in [0, 0.1) is 6.92 Å². The highest BCUT2D eigenvalue weighted by Gasteiger charge is 2.31. The molecule has 29 heavy (non-hydrogen) atoms. The van der Waals surface area contributed by atoms with Gasteiger partial charge in [-0.15, -0.1) is 0 Å². The number of anilines is 1. The Kier molecular flexibility index (Phi) is 5.58. The Morgan fingerprint density at radius 3 is 2.48 bits per heavy atom. The molecule has 1 aliphatic heterocycles. The van der Waals surface area contributed by atoms with Crippen LogP contribution in [0.2, 0.25) is 0 Å². The lowest BCUT2D eigenvalue weighted by Gasteiger charge is -2.25. The fraction of sp³-hybridized carbons (Fsp3) is 0.167. The molecule has 3 aromatic rings. The van der Waals surface area contributed by atoms with Crippen molar-refractivity contribution in [2.45, 2.75) is 19.4 Å². The van der Waals surface area contributed by atoms with Crippen molar-refractivity contribution in [1.82, 2.24) is 5.01 Å². The van der Waals surface area contributed by atoms with Crippen molar-refractivity contribution in [2.75, 3.05) is 12.4 Å². The molecule has 0 fully saturated rings. The molecule has 3 aromatic carbocycles. The number of nitrogens with one attached hydrogen (secondary N) is 1. The monoisotopic (exact) mass is 401 g/mol. The largest absolute Gasteiger partial charge is 0.497 e. The molecule has 0 spiro atoms. The number of para-hydroxylation sites is 1. The quantitative estimate of drug-likeness (QED) is 0.582. The molecule has 0 saturated carbocycles. The maximum absolute atomic E-state index is 5.73. The predicted octanol–water partition coefficient (Wildman–Crippen LogP) is 5.55. The average Bonchev–Trinajstić information content (AvgIpc) is 3.20. The molecule has 5 heteroatoms. The molecule has 0 aliphatic carbocycles. The number of methoxy groups -OCH3 is 1. The molecular formula is C24H23N3OS. The Morgan fingerprint density at radius 2 is 1.79 bits per heavy atom. The molecule has 0 radical (unpaired) electrons. The van der Waals surface area contributed by atoms with Crippen LogP contribution in [0.25, 0.3) is 0 Å². The Bertz CT molecular complexity index is 1030. The summed E-state index contributed by atoms with van der Waals surface area (Å²) in [5.41, 5.74) is 5.48. The van der Waals surface area contributed by atoms with E-state index in [1.807, 2.05) is 47.5 Å². The predicted molar refractivity (Wildman–Crippen MR) is 123 cm³/mol. The lowest BCUT2D eigenvalue weighted by molar-refractivity contribution is 0.374. The molecule has 1 aliphatic rings. The summed E-state index contributed by atoms with van der Waals surface area (Å²) in [5, 5.41) is 10.7. The maximum Gasteiger partial charge on any atom is 0.194 e. The SMILES string of the molecule is COc1ccc([C@@H]2CC(c3cccc(C)c3)=NN2C(=S)Nc2ccccc2)cc1. The van der Waals surface area contributed by atoms with Crippen LogP contribution in [-0.2, 0) is 0 Å². The molecule has 0 unspecified atom stereocenters. The highest BCUT2D eigenvalue weighted by molar-refractivity contribution is 7.80. The molecule has 146 valence electrons. The minimum Gasteiger partial charge on any atom is -0.497 e. The number of hydrogen-bond donors (Lipinski definition) is 1. The average molecular weight is 402 g/mol. The van der Waals surface area contributed by atoms with E-state index in [1.165, 1.54) is 5.56 Å². The van der Waals surface area contributed by atoms with Gasteiger partial charge in [0.05, 0.1) is 18.9 Å². The van der Waals surface area contributed by atoms with Crippen molar-refractivity contribution < 1.29 is 4.74 Å². The molecule has 4 nitrogen and oxygen atoms in total. The van der Waals surface area contributed by atoms with Crippen LogP contribution in [0.15, 0.2) is 84.0 Å². The van der Waals surface area contributed by atoms with E-state index < -0.39 is 0 Å². The molecule has 0 aromatic heterocycles. The van der Waals surface area contributed by atoms with Crippen LogP contribution in [-0.4, -0.2) is 22.9 Å². The van der Waals surface area contributed by atoms with E-state index in [1.54, 1.807) is 7.11 Å². The van der Waals surface area contributed by atoms with Gasteiger partial charge in [-0.2, -0.15) is 5.10 Å². The molecule has 1 N–H and O–H groups in total. The van der Waals surface area contributed by atoms with Crippen molar-refractivity contribution in [1.29, 1.82) is 0 Å². The Labute approximate surface area is 176 Å². The third-order valence-electron chi connectivity index (χ3n) is 5.00. The van der Waals surface area contributed by atoms with Crippen molar-refractivity contribution in [3.8, 4) is 5.75 Å². The van der Waals surface area contributed by atoms with Gasteiger partial charge in [-0.25, -0.2) is 5.01 Å². The number of nitrogens with zero attached hydrogens (tertiary/aromatic N) is 2. The van der Waals surface area contributed by atoms with E-state index in [2.05, 4.69) is 48.6 Å². The van der Waals surface area contributed by atoms with Crippen molar-refractivity contribution in [2.24, 2.45) is 5.10 Å². The second kappa shape index (κ2) is 8.45. The summed E-state index contributed by atoms with van der Waals surface area (Å²) in [6, 6.07) is 26.5. The topological polar surface area (TPSA) is 36.9 Å². The highest BCUT2D eigenvalue weighted by Crippen LogP contribution is 2.34. The van der Waals surface area contributed by atoms with Gasteiger partial charge in [0.25, 0.3) is 0 Å². The fourth-order valence-corrected chi connectivity index (χ4v) is 3.77. The molecule has 0 saturated heterocycles. The van der Waals surface area contributed by atoms with Gasteiger partial charge in [0.1, 0.15) is 5.75 Å². The fourth-order valence-electron chi connectivity index (χ4n) is 3.48. The summed E-state index contributed by atoms with van der Waals surface area (Å²) >= 11 is 5.73. The first-order valence-corrected chi connectivity index (χ1v) is 9.98. The van der Waals surface area contributed by atoms with Crippen molar-refractivity contribution >= 4 is 28.7 Å². The molecule has 0 amide bonds. The third-order valence-corrected chi connectivity index (χ3v) is 5.28. The maximum atomic E-state index is 5.73. The second-order valence-electron chi connectivity index (χ2n) is 7.05. The smallest absolute Gasteiger partial charge is 0.194 e. The summed E-state index contributed by atoms with van der Waals surface area (Å²) in [6.45, 7) is 2.10. The molecule has 4 rings (SSSR count). The second-order valence-corrected chi connectivity index (χ2v) is 7.44. The van der Waals surface area contributed by atoms with E-state index >= 15 is 0 Å². The summed E-state index contributed by atoms with van der Waals surface area (Å²) < 4.78 is 5.31. The van der Waals surface area contributed by atoms with Crippen LogP contribution in [0.1, 0.15) is 29.2 Å². The first-order valence-electron chi connectivity index (χ1n) is 9.58. The van der Waals surface area contributed by atoms with Gasteiger partial charge < -0.3 is 10.1 Å².